The number of nitrogens with two attached hydrogens (primary N) is 1. The molecule has 2 N–H and O–H groups in total. The SMILES string of the molecule is CC(C)Oc1ccc(-c2cc(F)c(N)cc2Cl)cn1. The number of aromatic nitrogens is 1. The molecule has 19 heavy (non-hydrogen) atoms. The zero-order valence-corrected chi connectivity index (χ0v) is 11.4. The number of hydrogen-bond acceptors (Lipinski definition) is 3. The van der Waals surface area contributed by atoms with Gasteiger partial charge < -0.3 is 10.5 Å². The first kappa shape index (κ1) is 13.6. The van der Waals surface area contributed by atoms with Gasteiger partial charge in [-0.2, -0.15) is 0 Å². The quantitative estimate of drug-likeness (QED) is 0.867. The molecule has 5 heteroatoms. The molecular formula is C14H14ClFN2O. The molecule has 0 aliphatic rings. The summed E-state index contributed by atoms with van der Waals surface area (Å²) < 4.78 is 18.9. The summed E-state index contributed by atoms with van der Waals surface area (Å²) in [5.74, 6) is 0.0210. The maximum Gasteiger partial charge on any atom is 0.213 e. The van der Waals surface area contributed by atoms with Gasteiger partial charge in [-0.05, 0) is 32.0 Å². The lowest BCUT2D eigenvalue weighted by atomic mass is 10.1. The first-order valence-corrected chi connectivity index (χ1v) is 6.22. The summed E-state index contributed by atoms with van der Waals surface area (Å²) in [5.41, 5.74) is 6.74. The molecule has 0 unspecified atom stereocenters. The molecule has 0 amide bonds. The highest BCUT2D eigenvalue weighted by molar-refractivity contribution is 6.33. The van der Waals surface area contributed by atoms with Crippen LogP contribution in [0.1, 0.15) is 13.8 Å². The van der Waals surface area contributed by atoms with Crippen molar-refractivity contribution >= 4 is 17.3 Å². The Bertz CT molecular complexity index is 585. The first-order valence-electron chi connectivity index (χ1n) is 5.85. The molecule has 3 nitrogen and oxygen atoms in total. The summed E-state index contributed by atoms with van der Waals surface area (Å²) in [5, 5.41) is 0.387. The topological polar surface area (TPSA) is 48.1 Å². The molecule has 0 saturated carbocycles. The second kappa shape index (κ2) is 5.45. The molecule has 0 aliphatic carbocycles. The Balaban J connectivity index is 2.34. The van der Waals surface area contributed by atoms with E-state index in [4.69, 9.17) is 22.1 Å². The van der Waals surface area contributed by atoms with Gasteiger partial charge in [0.1, 0.15) is 5.82 Å². The summed E-state index contributed by atoms with van der Waals surface area (Å²) in [4.78, 5) is 4.15. The van der Waals surface area contributed by atoms with Crippen molar-refractivity contribution in [3.05, 3.63) is 41.3 Å². The molecule has 0 saturated heterocycles. The summed E-state index contributed by atoms with van der Waals surface area (Å²) in [6.07, 6.45) is 1.64. The molecule has 1 aromatic carbocycles. The third kappa shape index (κ3) is 3.15. The van der Waals surface area contributed by atoms with E-state index in [1.165, 1.54) is 12.1 Å². The highest BCUT2D eigenvalue weighted by atomic mass is 35.5. The Morgan fingerprint density at radius 2 is 2.05 bits per heavy atom. The molecule has 0 radical (unpaired) electrons. The van der Waals surface area contributed by atoms with Crippen LogP contribution in [0.25, 0.3) is 11.1 Å². The van der Waals surface area contributed by atoms with Crippen LogP contribution < -0.4 is 10.5 Å². The van der Waals surface area contributed by atoms with Crippen LogP contribution in [0.2, 0.25) is 5.02 Å². The zero-order chi connectivity index (χ0) is 14.0. The predicted molar refractivity (Wildman–Crippen MR) is 74.8 cm³/mol. The molecule has 0 bridgehead atoms. The number of nitrogens with zero attached hydrogens (tertiary/aromatic N) is 1. The fraction of sp³-hybridized carbons (Fsp3) is 0.214. The number of benzene rings is 1. The lowest BCUT2D eigenvalue weighted by Crippen LogP contribution is -2.06. The van der Waals surface area contributed by atoms with E-state index in [1.54, 1.807) is 18.3 Å². The van der Waals surface area contributed by atoms with Crippen molar-refractivity contribution in [1.29, 1.82) is 0 Å². The monoisotopic (exact) mass is 280 g/mol. The van der Waals surface area contributed by atoms with Gasteiger partial charge in [0.15, 0.2) is 0 Å². The normalized spacial score (nSPS) is 10.8. The minimum absolute atomic E-state index is 0.0291. The fourth-order valence-corrected chi connectivity index (χ4v) is 1.92. The van der Waals surface area contributed by atoms with Crippen LogP contribution in [-0.4, -0.2) is 11.1 Å². The number of halogens is 2. The van der Waals surface area contributed by atoms with Gasteiger partial charge in [-0.1, -0.05) is 11.6 Å². The molecular weight excluding hydrogens is 267 g/mol. The summed E-state index contributed by atoms with van der Waals surface area (Å²) in [7, 11) is 0. The number of rotatable bonds is 3. The van der Waals surface area contributed by atoms with Crippen molar-refractivity contribution in [3.63, 3.8) is 0 Å². The standard InChI is InChI=1S/C14H14ClFN2O/c1-8(2)19-14-4-3-9(7-18-14)10-5-12(16)13(17)6-11(10)15/h3-8H,17H2,1-2H3. The van der Waals surface area contributed by atoms with Gasteiger partial charge in [0.2, 0.25) is 5.88 Å². The Hall–Kier alpha value is -1.81. The third-order valence-corrected chi connectivity index (χ3v) is 2.80. The average molecular weight is 281 g/mol. The second-order valence-electron chi connectivity index (χ2n) is 4.41. The van der Waals surface area contributed by atoms with Crippen LogP contribution in [0.4, 0.5) is 10.1 Å². The predicted octanol–water partition coefficient (Wildman–Crippen LogP) is 3.91. The van der Waals surface area contributed by atoms with Crippen LogP contribution in [0.3, 0.4) is 0 Å². The highest BCUT2D eigenvalue weighted by Gasteiger charge is 2.09. The van der Waals surface area contributed by atoms with E-state index < -0.39 is 5.82 Å². The first-order chi connectivity index (χ1) is 8.97. The van der Waals surface area contributed by atoms with E-state index in [0.29, 0.717) is 22.0 Å². The molecule has 0 atom stereocenters. The van der Waals surface area contributed by atoms with Crippen LogP contribution in [-0.2, 0) is 0 Å². The van der Waals surface area contributed by atoms with Crippen molar-refractivity contribution in [1.82, 2.24) is 4.98 Å². The van der Waals surface area contributed by atoms with Crippen LogP contribution in [0.5, 0.6) is 5.88 Å². The van der Waals surface area contributed by atoms with E-state index in [-0.39, 0.29) is 11.8 Å². The fourth-order valence-electron chi connectivity index (χ4n) is 1.63. The van der Waals surface area contributed by atoms with Crippen molar-refractivity contribution < 1.29 is 9.13 Å². The van der Waals surface area contributed by atoms with E-state index in [0.717, 1.165) is 0 Å². The Kier molecular flexibility index (Phi) is 3.90. The summed E-state index contributed by atoms with van der Waals surface area (Å²) in [6, 6.07) is 6.20. The molecule has 0 aliphatic heterocycles. The molecule has 1 heterocycles. The smallest absolute Gasteiger partial charge is 0.213 e. The van der Waals surface area contributed by atoms with E-state index in [9.17, 15) is 4.39 Å². The van der Waals surface area contributed by atoms with Gasteiger partial charge in [-0.3, -0.25) is 0 Å². The number of anilines is 1. The molecule has 2 rings (SSSR count). The molecule has 2 aromatic rings. The largest absolute Gasteiger partial charge is 0.475 e. The van der Waals surface area contributed by atoms with Crippen LogP contribution in [0, 0.1) is 5.82 Å². The summed E-state index contributed by atoms with van der Waals surface area (Å²) >= 11 is 6.05. The Morgan fingerprint density at radius 3 is 2.63 bits per heavy atom. The highest BCUT2D eigenvalue weighted by Crippen LogP contribution is 2.31. The van der Waals surface area contributed by atoms with Crippen molar-refractivity contribution in [2.45, 2.75) is 20.0 Å². The maximum atomic E-state index is 13.5. The van der Waals surface area contributed by atoms with Crippen LogP contribution in [0.15, 0.2) is 30.5 Å². The van der Waals surface area contributed by atoms with Gasteiger partial charge in [0.25, 0.3) is 0 Å². The average Bonchev–Trinajstić information content (AvgIpc) is 2.34. The van der Waals surface area contributed by atoms with Gasteiger partial charge >= 0.3 is 0 Å². The second-order valence-corrected chi connectivity index (χ2v) is 4.81. The van der Waals surface area contributed by atoms with Crippen molar-refractivity contribution in [2.75, 3.05) is 5.73 Å². The number of hydrogen-bond donors (Lipinski definition) is 1. The molecule has 100 valence electrons. The van der Waals surface area contributed by atoms with Crippen molar-refractivity contribution in [3.8, 4) is 17.0 Å². The summed E-state index contributed by atoms with van der Waals surface area (Å²) in [6.45, 7) is 3.84. The van der Waals surface area contributed by atoms with E-state index >= 15 is 0 Å². The molecule has 1 aromatic heterocycles. The van der Waals surface area contributed by atoms with Gasteiger partial charge in [0, 0.05) is 23.4 Å². The maximum absolute atomic E-state index is 13.5. The number of pyridine rings is 1. The van der Waals surface area contributed by atoms with E-state index in [2.05, 4.69) is 4.98 Å². The molecule has 0 fully saturated rings. The third-order valence-electron chi connectivity index (χ3n) is 2.49. The Labute approximate surface area is 116 Å². The zero-order valence-electron chi connectivity index (χ0n) is 10.7. The lowest BCUT2D eigenvalue weighted by Gasteiger charge is -2.10. The van der Waals surface area contributed by atoms with Gasteiger partial charge in [-0.25, -0.2) is 9.37 Å². The minimum Gasteiger partial charge on any atom is -0.475 e. The lowest BCUT2D eigenvalue weighted by molar-refractivity contribution is 0.232. The van der Waals surface area contributed by atoms with Gasteiger partial charge in [-0.15, -0.1) is 0 Å². The van der Waals surface area contributed by atoms with E-state index in [1.807, 2.05) is 13.8 Å². The Morgan fingerprint density at radius 1 is 1.32 bits per heavy atom. The van der Waals surface area contributed by atoms with Crippen LogP contribution >= 0.6 is 11.6 Å². The van der Waals surface area contributed by atoms with Crippen molar-refractivity contribution in [2.24, 2.45) is 0 Å². The molecule has 0 spiro atoms. The van der Waals surface area contributed by atoms with Gasteiger partial charge in [0.05, 0.1) is 16.8 Å². The minimum atomic E-state index is -0.498. The number of nitrogen functional groups attached to an aromatic ring is 1. The number of ether oxygens (including phenoxy) is 1.